The van der Waals surface area contributed by atoms with Crippen molar-refractivity contribution in [2.75, 3.05) is 13.1 Å². The van der Waals surface area contributed by atoms with Crippen LogP contribution in [0.3, 0.4) is 0 Å². The van der Waals surface area contributed by atoms with E-state index in [1.165, 1.54) is 4.31 Å². The van der Waals surface area contributed by atoms with Gasteiger partial charge >= 0.3 is 0 Å². The van der Waals surface area contributed by atoms with Gasteiger partial charge in [0.05, 0.1) is 18.1 Å². The van der Waals surface area contributed by atoms with Gasteiger partial charge in [0.15, 0.2) is 0 Å². The monoisotopic (exact) mass is 319 g/mol. The van der Waals surface area contributed by atoms with Crippen molar-refractivity contribution in [1.29, 1.82) is 0 Å². The van der Waals surface area contributed by atoms with Crippen LogP contribution < -0.4 is 0 Å². The molecule has 0 amide bonds. The summed E-state index contributed by atoms with van der Waals surface area (Å²) in [4.78, 5) is 0.242. The van der Waals surface area contributed by atoms with Crippen molar-refractivity contribution >= 4 is 21.6 Å². The number of alkyl halides is 1. The summed E-state index contributed by atoms with van der Waals surface area (Å²) >= 11 is 5.90. The number of ether oxygens (including phenoxy) is 1. The Kier molecular flexibility index (Phi) is 3.61. The number of aryl methyl sites for hydroxylation is 2. The van der Waals surface area contributed by atoms with Crippen LogP contribution in [0, 0.1) is 13.8 Å². The molecule has 0 N–H and O–H groups in total. The van der Waals surface area contributed by atoms with Crippen LogP contribution in [0.25, 0.3) is 0 Å². The zero-order valence-corrected chi connectivity index (χ0v) is 13.1. The summed E-state index contributed by atoms with van der Waals surface area (Å²) in [6, 6.07) is 0. The first kappa shape index (κ1) is 14.4. The van der Waals surface area contributed by atoms with E-state index in [2.05, 4.69) is 0 Å². The maximum Gasteiger partial charge on any atom is 0.247 e. The Morgan fingerprint density at radius 3 is 2.35 bits per heavy atom. The third-order valence-electron chi connectivity index (χ3n) is 4.07. The second-order valence-corrected chi connectivity index (χ2v) is 7.58. The number of furan rings is 1. The molecular weight excluding hydrogens is 302 g/mol. The average Bonchev–Trinajstić information content (AvgIpc) is 2.88. The van der Waals surface area contributed by atoms with Gasteiger partial charge in [0.25, 0.3) is 0 Å². The van der Waals surface area contributed by atoms with E-state index in [0.29, 0.717) is 30.2 Å². The number of hydrogen-bond donors (Lipinski definition) is 0. The highest BCUT2D eigenvalue weighted by molar-refractivity contribution is 7.89. The van der Waals surface area contributed by atoms with Crippen LogP contribution in [-0.4, -0.2) is 38.0 Å². The standard InChI is InChI=1S/C13H18ClNO4S/c1-8-12(5-14)13(9(2)18-8)20(16,17)15-6-10-3-4-11(7-15)19-10/h10-11H,3-7H2,1-2H3. The minimum absolute atomic E-state index is 0.0243. The molecule has 0 radical (unpaired) electrons. The van der Waals surface area contributed by atoms with E-state index in [-0.39, 0.29) is 23.0 Å². The quantitative estimate of drug-likeness (QED) is 0.801. The molecule has 1 aromatic heterocycles. The van der Waals surface area contributed by atoms with Gasteiger partial charge in [-0.25, -0.2) is 8.42 Å². The first-order chi connectivity index (χ1) is 9.43. The van der Waals surface area contributed by atoms with Crippen LogP contribution in [0.5, 0.6) is 0 Å². The lowest BCUT2D eigenvalue weighted by Gasteiger charge is -2.31. The average molecular weight is 320 g/mol. The molecule has 0 aliphatic carbocycles. The van der Waals surface area contributed by atoms with Gasteiger partial charge in [-0.2, -0.15) is 4.31 Å². The second kappa shape index (κ2) is 5.02. The van der Waals surface area contributed by atoms with Gasteiger partial charge < -0.3 is 9.15 Å². The molecule has 2 aliphatic rings. The molecule has 20 heavy (non-hydrogen) atoms. The van der Waals surface area contributed by atoms with E-state index in [0.717, 1.165) is 12.8 Å². The summed E-state index contributed by atoms with van der Waals surface area (Å²) in [5, 5.41) is 0. The normalized spacial score (nSPS) is 27.1. The topological polar surface area (TPSA) is 59.8 Å². The Labute approximate surface area is 123 Å². The molecule has 2 fully saturated rings. The molecular formula is C13H18ClNO4S. The van der Waals surface area contributed by atoms with Gasteiger partial charge in [0.1, 0.15) is 16.4 Å². The number of nitrogens with zero attached hydrogens (tertiary/aromatic N) is 1. The van der Waals surface area contributed by atoms with Gasteiger partial charge in [-0.3, -0.25) is 0 Å². The zero-order chi connectivity index (χ0) is 14.5. The SMILES string of the molecule is Cc1oc(C)c(S(=O)(=O)N2CC3CCC(C2)O3)c1CCl. The lowest BCUT2D eigenvalue weighted by atomic mass is 10.2. The summed E-state index contributed by atoms with van der Waals surface area (Å²) in [5.74, 6) is 1.12. The summed E-state index contributed by atoms with van der Waals surface area (Å²) in [6.45, 7) is 4.26. The molecule has 1 aromatic rings. The van der Waals surface area contributed by atoms with Gasteiger partial charge in [-0.15, -0.1) is 11.6 Å². The van der Waals surface area contributed by atoms with Crippen molar-refractivity contribution in [3.63, 3.8) is 0 Å². The van der Waals surface area contributed by atoms with Crippen molar-refractivity contribution in [1.82, 2.24) is 4.31 Å². The Hall–Kier alpha value is -0.560. The molecule has 2 aliphatic heterocycles. The number of sulfonamides is 1. The van der Waals surface area contributed by atoms with E-state index in [1.807, 2.05) is 0 Å². The zero-order valence-electron chi connectivity index (χ0n) is 11.6. The number of morpholine rings is 1. The predicted molar refractivity (Wildman–Crippen MR) is 74.4 cm³/mol. The Morgan fingerprint density at radius 2 is 1.80 bits per heavy atom. The largest absolute Gasteiger partial charge is 0.465 e. The number of fused-ring (bicyclic) bond motifs is 2. The second-order valence-electron chi connectivity index (χ2n) is 5.44. The highest BCUT2D eigenvalue weighted by Crippen LogP contribution is 2.34. The molecule has 5 nitrogen and oxygen atoms in total. The molecule has 0 saturated carbocycles. The third-order valence-corrected chi connectivity index (χ3v) is 6.36. The Bertz CT molecular complexity index is 613. The van der Waals surface area contributed by atoms with Gasteiger partial charge in [0.2, 0.25) is 10.0 Å². The van der Waals surface area contributed by atoms with Crippen molar-refractivity contribution in [2.24, 2.45) is 0 Å². The van der Waals surface area contributed by atoms with E-state index >= 15 is 0 Å². The van der Waals surface area contributed by atoms with E-state index in [9.17, 15) is 8.42 Å². The van der Waals surface area contributed by atoms with Crippen LogP contribution in [-0.2, 0) is 20.6 Å². The molecule has 0 spiro atoms. The van der Waals surface area contributed by atoms with Gasteiger partial charge in [0, 0.05) is 18.7 Å². The van der Waals surface area contributed by atoms with Crippen LogP contribution >= 0.6 is 11.6 Å². The van der Waals surface area contributed by atoms with Gasteiger partial charge in [-0.05, 0) is 26.7 Å². The van der Waals surface area contributed by atoms with Crippen molar-refractivity contribution in [3.8, 4) is 0 Å². The molecule has 2 saturated heterocycles. The molecule has 112 valence electrons. The molecule has 2 unspecified atom stereocenters. The Balaban J connectivity index is 2.00. The summed E-state index contributed by atoms with van der Waals surface area (Å²) in [6.07, 6.45) is 1.91. The highest BCUT2D eigenvalue weighted by Gasteiger charge is 2.41. The van der Waals surface area contributed by atoms with Crippen molar-refractivity contribution < 1.29 is 17.6 Å². The first-order valence-electron chi connectivity index (χ1n) is 6.74. The van der Waals surface area contributed by atoms with Crippen molar-refractivity contribution in [3.05, 3.63) is 17.1 Å². The molecule has 2 atom stereocenters. The predicted octanol–water partition coefficient (Wildman–Crippen LogP) is 2.19. The fraction of sp³-hybridized carbons (Fsp3) is 0.692. The van der Waals surface area contributed by atoms with Crippen LogP contribution in [0.1, 0.15) is 29.9 Å². The van der Waals surface area contributed by atoms with Crippen LogP contribution in [0.4, 0.5) is 0 Å². The van der Waals surface area contributed by atoms with E-state index in [4.69, 9.17) is 20.8 Å². The number of hydrogen-bond acceptors (Lipinski definition) is 4. The maximum absolute atomic E-state index is 12.9. The first-order valence-corrected chi connectivity index (χ1v) is 8.71. The maximum atomic E-state index is 12.9. The molecule has 7 heteroatoms. The lowest BCUT2D eigenvalue weighted by molar-refractivity contribution is -0.0114. The van der Waals surface area contributed by atoms with Crippen molar-refractivity contribution in [2.45, 2.75) is 49.7 Å². The van der Waals surface area contributed by atoms with E-state index < -0.39 is 10.0 Å². The smallest absolute Gasteiger partial charge is 0.247 e. The summed E-state index contributed by atoms with van der Waals surface area (Å²) in [7, 11) is -3.57. The fourth-order valence-corrected chi connectivity index (χ4v) is 5.42. The molecule has 3 heterocycles. The summed E-state index contributed by atoms with van der Waals surface area (Å²) in [5.41, 5.74) is 0.572. The minimum atomic E-state index is -3.57. The molecule has 3 rings (SSSR count). The van der Waals surface area contributed by atoms with Crippen LogP contribution in [0.2, 0.25) is 0 Å². The number of rotatable bonds is 3. The summed E-state index contributed by atoms with van der Waals surface area (Å²) < 4.78 is 38.4. The highest BCUT2D eigenvalue weighted by atomic mass is 35.5. The Morgan fingerprint density at radius 1 is 1.20 bits per heavy atom. The van der Waals surface area contributed by atoms with Crippen LogP contribution in [0.15, 0.2) is 9.31 Å². The third kappa shape index (κ3) is 2.19. The lowest BCUT2D eigenvalue weighted by Crippen LogP contribution is -2.45. The van der Waals surface area contributed by atoms with E-state index in [1.54, 1.807) is 13.8 Å². The fourth-order valence-electron chi connectivity index (χ4n) is 3.10. The number of halogens is 1. The molecule has 0 aromatic carbocycles. The van der Waals surface area contributed by atoms with Gasteiger partial charge in [-0.1, -0.05) is 0 Å². The minimum Gasteiger partial charge on any atom is -0.465 e. The molecule has 2 bridgehead atoms.